The van der Waals surface area contributed by atoms with Gasteiger partial charge in [0.15, 0.2) is 5.34 Å². The predicted octanol–water partition coefficient (Wildman–Crippen LogP) is 3.42. The van der Waals surface area contributed by atoms with E-state index in [1.807, 2.05) is 0 Å². The van der Waals surface area contributed by atoms with Crippen LogP contribution in [0.4, 0.5) is 0 Å². The highest BCUT2D eigenvalue weighted by atomic mass is 16.6. The molecule has 0 saturated heterocycles. The van der Waals surface area contributed by atoms with E-state index in [2.05, 4.69) is 32.9 Å². The number of hydrogen-bond donors (Lipinski definition) is 1. The summed E-state index contributed by atoms with van der Waals surface area (Å²) >= 11 is 0. The summed E-state index contributed by atoms with van der Waals surface area (Å²) in [6.07, 6.45) is 5.17. The molecule has 0 aromatic carbocycles. The van der Waals surface area contributed by atoms with Crippen LogP contribution in [-0.4, -0.2) is 5.21 Å². The van der Waals surface area contributed by atoms with E-state index in [-0.39, 0.29) is 0 Å². The second kappa shape index (κ2) is 11.6. The van der Waals surface area contributed by atoms with Gasteiger partial charge in [-0.05, 0) is 32.6 Å². The molecule has 4 heteroatoms. The van der Waals surface area contributed by atoms with Crippen LogP contribution in [0.3, 0.4) is 0 Å². The van der Waals surface area contributed by atoms with Gasteiger partial charge in [-0.1, -0.05) is 18.6 Å². The molecule has 0 aliphatic heterocycles. The molecule has 1 unspecified atom stereocenters. The largest absolute Gasteiger partial charge is 0.379 e. The zero-order valence-corrected chi connectivity index (χ0v) is 9.03. The molecule has 4 nitrogen and oxygen atoms in total. The van der Waals surface area contributed by atoms with E-state index >= 15 is 0 Å². The second-order valence-electron chi connectivity index (χ2n) is 3.41. The van der Waals surface area contributed by atoms with Gasteiger partial charge in [0.25, 0.3) is 0 Å². The Bertz CT molecular complexity index is 203. The Hall–Kier alpha value is -1.37. The van der Waals surface area contributed by atoms with Gasteiger partial charge in [0.1, 0.15) is 0 Å². The van der Waals surface area contributed by atoms with Crippen molar-refractivity contribution in [2.24, 2.45) is 11.3 Å². The van der Waals surface area contributed by atoms with Gasteiger partial charge in [-0.25, -0.2) is 0 Å². The number of nitriles is 1. The first-order valence-electron chi connectivity index (χ1n) is 4.55. The fourth-order valence-electron chi connectivity index (χ4n) is 0.914. The third-order valence-corrected chi connectivity index (χ3v) is 1.65. The molecule has 0 radical (unpaired) electrons. The van der Waals surface area contributed by atoms with Gasteiger partial charge in [-0.2, -0.15) is 5.26 Å². The van der Waals surface area contributed by atoms with Crippen molar-refractivity contribution in [3.8, 4) is 6.07 Å². The summed E-state index contributed by atoms with van der Waals surface area (Å²) in [5.41, 5.74) is 1.37. The molecule has 0 aromatic heterocycles. The maximum atomic E-state index is 8.38. The first-order chi connectivity index (χ1) is 6.58. The van der Waals surface area contributed by atoms with Crippen molar-refractivity contribution in [3.63, 3.8) is 0 Å². The van der Waals surface area contributed by atoms with Crippen molar-refractivity contribution in [1.29, 1.82) is 5.26 Å². The molecule has 0 amide bonds. The van der Waals surface area contributed by atoms with E-state index < -0.39 is 0 Å². The maximum Gasteiger partial charge on any atom is 0.152 e. The third kappa shape index (κ3) is 16.9. The topological polar surface area (TPSA) is 73.5 Å². The van der Waals surface area contributed by atoms with Crippen LogP contribution in [0, 0.1) is 22.2 Å². The van der Waals surface area contributed by atoms with Gasteiger partial charge in [0, 0.05) is 6.42 Å². The smallest absolute Gasteiger partial charge is 0.152 e. The molecule has 0 aliphatic rings. The van der Waals surface area contributed by atoms with Crippen LogP contribution in [0.15, 0.2) is 17.0 Å². The lowest BCUT2D eigenvalue weighted by Crippen LogP contribution is -1.91. The quantitative estimate of drug-likeness (QED) is 0.427. The minimum Gasteiger partial charge on any atom is -0.379 e. The van der Waals surface area contributed by atoms with E-state index in [0.717, 1.165) is 12.8 Å². The Morgan fingerprint density at radius 1 is 1.64 bits per heavy atom. The minimum atomic E-state index is 0.551. The number of allylic oxidation sites excluding steroid dienone is 2. The molecule has 0 fully saturated rings. The van der Waals surface area contributed by atoms with E-state index in [1.54, 1.807) is 0 Å². The monoisotopic (exact) mass is 198 g/mol. The number of rotatable bonds is 4. The van der Waals surface area contributed by atoms with E-state index in [9.17, 15) is 0 Å². The lowest BCUT2D eigenvalue weighted by atomic mass is 10.0. The van der Waals surface area contributed by atoms with Crippen molar-refractivity contribution in [3.05, 3.63) is 16.6 Å². The van der Waals surface area contributed by atoms with Crippen LogP contribution < -0.4 is 0 Å². The van der Waals surface area contributed by atoms with Gasteiger partial charge in [-0.15, -0.1) is 4.91 Å². The molecule has 0 aliphatic carbocycles. The summed E-state index contributed by atoms with van der Waals surface area (Å²) in [7, 11) is 0. The fraction of sp³-hybridized carbons (Fsp3) is 0.700. The van der Waals surface area contributed by atoms with Gasteiger partial charge < -0.3 is 5.21 Å². The van der Waals surface area contributed by atoms with Gasteiger partial charge in [0.05, 0.1) is 6.07 Å². The zero-order valence-electron chi connectivity index (χ0n) is 9.03. The van der Waals surface area contributed by atoms with Crippen LogP contribution in [0.5, 0.6) is 0 Å². The normalized spacial score (nSPS) is 10.1. The average Bonchev–Trinajstić information content (AvgIpc) is 2.05. The van der Waals surface area contributed by atoms with E-state index in [4.69, 9.17) is 15.4 Å². The van der Waals surface area contributed by atoms with Crippen molar-refractivity contribution >= 4 is 0 Å². The molecule has 14 heavy (non-hydrogen) atoms. The maximum absolute atomic E-state index is 8.38. The summed E-state index contributed by atoms with van der Waals surface area (Å²) in [6.45, 7) is 6.34. The molecule has 0 aromatic rings. The van der Waals surface area contributed by atoms with Crippen molar-refractivity contribution in [2.75, 3.05) is 0 Å². The van der Waals surface area contributed by atoms with Crippen LogP contribution in [0.1, 0.15) is 40.0 Å². The van der Waals surface area contributed by atoms with Crippen molar-refractivity contribution < 1.29 is 5.21 Å². The van der Waals surface area contributed by atoms with Crippen LogP contribution in [0.25, 0.3) is 0 Å². The molecule has 1 atom stereocenters. The third-order valence-electron chi connectivity index (χ3n) is 1.65. The summed E-state index contributed by atoms with van der Waals surface area (Å²) in [5, 5.41) is 16.3. The highest BCUT2D eigenvalue weighted by Gasteiger charge is 1.98. The summed E-state index contributed by atoms with van der Waals surface area (Å²) < 4.78 is 0. The molecule has 0 heterocycles. The molecule has 0 spiro atoms. The highest BCUT2D eigenvalue weighted by molar-refractivity contribution is 4.93. The van der Waals surface area contributed by atoms with Gasteiger partial charge >= 0.3 is 0 Å². The Morgan fingerprint density at radius 3 is 2.50 bits per heavy atom. The first kappa shape index (κ1) is 15.1. The molecule has 0 rings (SSSR count). The standard InChI is InChI=1S/C10H17N.HNO2/c1-9(2)5-4-6-10(3)7-8-11;2-1-3/h5,10H,4,6-7H2,1-3H3;(H,2,3). The van der Waals surface area contributed by atoms with Gasteiger partial charge in [-0.3, -0.25) is 0 Å². The van der Waals surface area contributed by atoms with Crippen LogP contribution in [0.2, 0.25) is 0 Å². The van der Waals surface area contributed by atoms with Crippen LogP contribution >= 0.6 is 0 Å². The molecule has 0 saturated carbocycles. The Kier molecular flexibility index (Phi) is 12.6. The first-order valence-corrected chi connectivity index (χ1v) is 4.55. The zero-order chi connectivity index (χ0) is 11.4. The molecule has 0 bridgehead atoms. The Balaban J connectivity index is 0. The summed E-state index contributed by atoms with van der Waals surface area (Å²) in [4.78, 5) is 8.11. The minimum absolute atomic E-state index is 0.551. The fourth-order valence-corrected chi connectivity index (χ4v) is 0.914. The van der Waals surface area contributed by atoms with Crippen molar-refractivity contribution in [2.45, 2.75) is 40.0 Å². The second-order valence-corrected chi connectivity index (χ2v) is 3.41. The number of hydrogen-bond acceptors (Lipinski definition) is 3. The van der Waals surface area contributed by atoms with E-state index in [0.29, 0.717) is 12.3 Å². The van der Waals surface area contributed by atoms with Crippen LogP contribution in [-0.2, 0) is 0 Å². The summed E-state index contributed by atoms with van der Waals surface area (Å²) in [5.74, 6) is 0.551. The number of nitrogens with zero attached hydrogens (tertiary/aromatic N) is 2. The Labute approximate surface area is 85.2 Å². The Morgan fingerprint density at radius 2 is 2.14 bits per heavy atom. The SMILES string of the molecule is CC(C)=CCCC(C)CC#N.O=NO. The summed E-state index contributed by atoms with van der Waals surface area (Å²) in [6, 6.07) is 2.18. The molecular weight excluding hydrogens is 180 g/mol. The van der Waals surface area contributed by atoms with Gasteiger partial charge in [0.2, 0.25) is 0 Å². The van der Waals surface area contributed by atoms with E-state index in [1.165, 1.54) is 10.9 Å². The lowest BCUT2D eigenvalue weighted by Gasteiger charge is -2.02. The molecular formula is C10H18N2O2. The predicted molar refractivity (Wildman–Crippen MR) is 55.6 cm³/mol. The highest BCUT2D eigenvalue weighted by Crippen LogP contribution is 2.10. The molecule has 80 valence electrons. The van der Waals surface area contributed by atoms with Crippen molar-refractivity contribution in [1.82, 2.24) is 0 Å². The lowest BCUT2D eigenvalue weighted by molar-refractivity contribution is 0.312. The molecule has 1 N–H and O–H groups in total. The average molecular weight is 198 g/mol.